The van der Waals surface area contributed by atoms with Crippen LogP contribution < -0.4 is 5.32 Å². The van der Waals surface area contributed by atoms with E-state index in [4.69, 9.17) is 16.7 Å². The highest BCUT2D eigenvalue weighted by molar-refractivity contribution is 6.30. The number of piperidine rings is 1. The summed E-state index contributed by atoms with van der Waals surface area (Å²) in [6.45, 7) is 1.29. The molecule has 7 heteroatoms. The minimum atomic E-state index is -0.845. The molecule has 0 radical (unpaired) electrons. The van der Waals surface area contributed by atoms with Gasteiger partial charge in [-0.25, -0.2) is 0 Å². The van der Waals surface area contributed by atoms with Crippen molar-refractivity contribution in [2.45, 2.75) is 25.7 Å². The molecule has 1 aromatic rings. The molecule has 0 aromatic heterocycles. The number of hydrogen-bond donors (Lipinski definition) is 2. The van der Waals surface area contributed by atoms with Crippen molar-refractivity contribution in [2.24, 2.45) is 5.92 Å². The lowest BCUT2D eigenvalue weighted by Gasteiger charge is -2.30. The number of nitrogens with zero attached hydrogens (tertiary/aromatic N) is 1. The van der Waals surface area contributed by atoms with Gasteiger partial charge in [-0.1, -0.05) is 11.6 Å². The molecular weight excluding hydrogens is 332 g/mol. The molecule has 2 amide bonds. The maximum atomic E-state index is 12.1. The largest absolute Gasteiger partial charge is 0.481 e. The molecule has 0 unspecified atom stereocenters. The monoisotopic (exact) mass is 352 g/mol. The molecule has 1 saturated heterocycles. The Morgan fingerprint density at radius 1 is 1.25 bits per heavy atom. The summed E-state index contributed by atoms with van der Waals surface area (Å²) in [5.74, 6) is -1.57. The van der Waals surface area contributed by atoms with Gasteiger partial charge in [0.25, 0.3) is 5.91 Å². The van der Waals surface area contributed by atoms with E-state index in [9.17, 15) is 14.4 Å². The van der Waals surface area contributed by atoms with E-state index in [1.54, 1.807) is 29.2 Å². The fourth-order valence-corrected chi connectivity index (χ4v) is 2.83. The lowest BCUT2D eigenvalue weighted by molar-refractivity contribution is -0.145. The van der Waals surface area contributed by atoms with Crippen LogP contribution in [0.1, 0.15) is 36.0 Å². The molecule has 0 saturated carbocycles. The fraction of sp³-hybridized carbons (Fsp3) is 0.471. The number of aliphatic carboxylic acids is 1. The van der Waals surface area contributed by atoms with Crippen molar-refractivity contribution < 1.29 is 19.5 Å². The van der Waals surface area contributed by atoms with Gasteiger partial charge in [0, 0.05) is 36.6 Å². The lowest BCUT2D eigenvalue weighted by Crippen LogP contribution is -2.42. The summed E-state index contributed by atoms with van der Waals surface area (Å²) in [4.78, 5) is 36.7. The Labute approximate surface area is 145 Å². The Morgan fingerprint density at radius 3 is 2.62 bits per heavy atom. The number of carboxylic acid groups (broad SMARTS) is 1. The van der Waals surface area contributed by atoms with E-state index in [0.717, 1.165) is 6.42 Å². The predicted molar refractivity (Wildman–Crippen MR) is 90.0 cm³/mol. The molecule has 0 aliphatic carbocycles. The van der Waals surface area contributed by atoms with Crippen molar-refractivity contribution in [3.63, 3.8) is 0 Å². The average molecular weight is 353 g/mol. The average Bonchev–Trinajstić information content (AvgIpc) is 2.59. The third-order valence-corrected chi connectivity index (χ3v) is 4.33. The summed E-state index contributed by atoms with van der Waals surface area (Å²) >= 11 is 5.77. The van der Waals surface area contributed by atoms with Gasteiger partial charge in [0.15, 0.2) is 0 Å². The number of nitrogens with one attached hydrogen (secondary N) is 1. The maximum absolute atomic E-state index is 12.1. The van der Waals surface area contributed by atoms with E-state index in [-0.39, 0.29) is 18.4 Å². The number of hydrogen-bond acceptors (Lipinski definition) is 3. The topological polar surface area (TPSA) is 86.7 Å². The molecule has 0 bridgehead atoms. The number of halogens is 1. The van der Waals surface area contributed by atoms with E-state index in [1.165, 1.54) is 0 Å². The van der Waals surface area contributed by atoms with Crippen LogP contribution in [-0.4, -0.2) is 47.4 Å². The Kier molecular flexibility index (Phi) is 6.61. The first-order valence-electron chi connectivity index (χ1n) is 8.01. The minimum absolute atomic E-state index is 0.0540. The van der Waals surface area contributed by atoms with Crippen molar-refractivity contribution in [3.05, 3.63) is 34.9 Å². The predicted octanol–water partition coefficient (Wildman–Crippen LogP) is 2.17. The summed E-state index contributed by atoms with van der Waals surface area (Å²) in [5, 5.41) is 12.4. The second-order valence-electron chi connectivity index (χ2n) is 5.88. The van der Waals surface area contributed by atoms with Crippen LogP contribution in [0.15, 0.2) is 24.3 Å². The van der Waals surface area contributed by atoms with E-state index in [0.29, 0.717) is 42.9 Å². The smallest absolute Gasteiger partial charge is 0.308 e. The molecule has 1 aliphatic heterocycles. The Hall–Kier alpha value is -2.08. The van der Waals surface area contributed by atoms with Gasteiger partial charge in [-0.05, 0) is 43.5 Å². The van der Waals surface area contributed by atoms with E-state index in [2.05, 4.69) is 5.32 Å². The number of rotatable bonds is 6. The molecular formula is C17H21ClN2O4. The second-order valence-corrected chi connectivity index (χ2v) is 6.32. The van der Waals surface area contributed by atoms with Crippen LogP contribution in [-0.2, 0) is 9.59 Å². The van der Waals surface area contributed by atoms with Gasteiger partial charge in [0.1, 0.15) is 0 Å². The molecule has 2 N–H and O–H groups in total. The number of carbonyl (C=O) groups excluding carboxylic acids is 2. The van der Waals surface area contributed by atoms with Crippen molar-refractivity contribution >= 4 is 29.4 Å². The number of amides is 2. The van der Waals surface area contributed by atoms with Gasteiger partial charge >= 0.3 is 5.97 Å². The number of carboxylic acids is 1. The highest BCUT2D eigenvalue weighted by atomic mass is 35.5. The van der Waals surface area contributed by atoms with Crippen molar-refractivity contribution in [2.75, 3.05) is 19.6 Å². The third kappa shape index (κ3) is 5.23. The molecule has 1 aromatic carbocycles. The first kappa shape index (κ1) is 18.3. The van der Waals surface area contributed by atoms with Crippen LogP contribution in [0.25, 0.3) is 0 Å². The zero-order valence-electron chi connectivity index (χ0n) is 13.3. The van der Waals surface area contributed by atoms with Gasteiger partial charge < -0.3 is 15.3 Å². The van der Waals surface area contributed by atoms with Crippen LogP contribution in [0.3, 0.4) is 0 Å². The van der Waals surface area contributed by atoms with Gasteiger partial charge in [0.2, 0.25) is 5.91 Å². The highest BCUT2D eigenvalue weighted by Gasteiger charge is 2.27. The van der Waals surface area contributed by atoms with E-state index in [1.807, 2.05) is 0 Å². The van der Waals surface area contributed by atoms with Crippen molar-refractivity contribution in [1.29, 1.82) is 0 Å². The van der Waals surface area contributed by atoms with Gasteiger partial charge in [-0.2, -0.15) is 0 Å². The van der Waals surface area contributed by atoms with Gasteiger partial charge in [0.05, 0.1) is 5.92 Å². The lowest BCUT2D eigenvalue weighted by atomic mass is 9.98. The normalized spacial score (nSPS) is 17.4. The Bertz CT molecular complexity index is 603. The molecule has 1 heterocycles. The molecule has 1 aliphatic rings. The number of likely N-dealkylation sites (tertiary alicyclic amines) is 1. The zero-order chi connectivity index (χ0) is 17.5. The standard InChI is InChI=1S/C17H21ClN2O4/c18-14-7-5-12(6-8-14)16(22)19-9-1-4-15(21)20-10-2-3-13(11-20)17(23)24/h5-8,13H,1-4,9-11H2,(H,19,22)(H,23,24)/t13-/m0/s1. The van der Waals surface area contributed by atoms with Gasteiger partial charge in [-0.3, -0.25) is 14.4 Å². The van der Waals surface area contributed by atoms with E-state index < -0.39 is 11.9 Å². The van der Waals surface area contributed by atoms with Crippen LogP contribution in [0.2, 0.25) is 5.02 Å². The summed E-state index contributed by atoms with van der Waals surface area (Å²) in [6.07, 6.45) is 2.16. The molecule has 6 nitrogen and oxygen atoms in total. The summed E-state index contributed by atoms with van der Waals surface area (Å²) in [5.41, 5.74) is 0.519. The first-order chi connectivity index (χ1) is 11.5. The van der Waals surface area contributed by atoms with Crippen LogP contribution >= 0.6 is 11.6 Å². The Morgan fingerprint density at radius 2 is 1.96 bits per heavy atom. The first-order valence-corrected chi connectivity index (χ1v) is 8.39. The summed E-state index contributed by atoms with van der Waals surface area (Å²) in [7, 11) is 0. The second kappa shape index (κ2) is 8.68. The van der Waals surface area contributed by atoms with Crippen LogP contribution in [0, 0.1) is 5.92 Å². The van der Waals surface area contributed by atoms with Gasteiger partial charge in [-0.15, -0.1) is 0 Å². The molecule has 1 atom stereocenters. The molecule has 130 valence electrons. The molecule has 2 rings (SSSR count). The SMILES string of the molecule is O=C(NCCCC(=O)N1CCC[C@H](C(=O)O)C1)c1ccc(Cl)cc1. The Balaban J connectivity index is 1.70. The van der Waals surface area contributed by atoms with Crippen LogP contribution in [0.4, 0.5) is 0 Å². The highest BCUT2D eigenvalue weighted by Crippen LogP contribution is 2.17. The fourth-order valence-electron chi connectivity index (χ4n) is 2.71. The molecule has 24 heavy (non-hydrogen) atoms. The van der Waals surface area contributed by atoms with Crippen molar-refractivity contribution in [3.8, 4) is 0 Å². The van der Waals surface area contributed by atoms with Crippen LogP contribution in [0.5, 0.6) is 0 Å². The summed E-state index contributed by atoms with van der Waals surface area (Å²) in [6, 6.07) is 6.58. The quantitative estimate of drug-likeness (QED) is 0.768. The van der Waals surface area contributed by atoms with E-state index >= 15 is 0 Å². The van der Waals surface area contributed by atoms with Crippen molar-refractivity contribution in [1.82, 2.24) is 10.2 Å². The minimum Gasteiger partial charge on any atom is -0.481 e. The molecule has 1 fully saturated rings. The maximum Gasteiger partial charge on any atom is 0.308 e. The summed E-state index contributed by atoms with van der Waals surface area (Å²) < 4.78 is 0. The zero-order valence-corrected chi connectivity index (χ0v) is 14.1. The number of carbonyl (C=O) groups is 3. The third-order valence-electron chi connectivity index (χ3n) is 4.08. The molecule has 0 spiro atoms. The number of benzene rings is 1.